The van der Waals surface area contributed by atoms with Crippen LogP contribution in [0.2, 0.25) is 4.34 Å². The van der Waals surface area contributed by atoms with Crippen LogP contribution in [0.3, 0.4) is 0 Å². The molecule has 1 N–H and O–H groups in total. The molecule has 0 bridgehead atoms. The quantitative estimate of drug-likeness (QED) is 0.924. The Hall–Kier alpha value is -1.01. The smallest absolute Gasteiger partial charge is 0.131 e. The molecule has 1 fully saturated rings. The van der Waals surface area contributed by atoms with E-state index in [1.54, 1.807) is 0 Å². The number of halogens is 3. The highest BCUT2D eigenvalue weighted by Gasteiger charge is 2.27. The monoisotopic (exact) mass is 328 g/mol. The Morgan fingerprint density at radius 3 is 2.52 bits per heavy atom. The second-order valence-electron chi connectivity index (χ2n) is 5.00. The van der Waals surface area contributed by atoms with Gasteiger partial charge in [-0.05, 0) is 18.2 Å². The predicted octanol–water partition coefficient (Wildman–Crippen LogP) is 3.67. The van der Waals surface area contributed by atoms with Crippen LogP contribution in [0, 0.1) is 11.6 Å². The van der Waals surface area contributed by atoms with Gasteiger partial charge in [0.1, 0.15) is 11.6 Å². The summed E-state index contributed by atoms with van der Waals surface area (Å²) in [6.45, 7) is 3.35. The van der Waals surface area contributed by atoms with Gasteiger partial charge in [0.25, 0.3) is 0 Å². The van der Waals surface area contributed by atoms with E-state index < -0.39 is 11.6 Å². The third-order valence-corrected chi connectivity index (χ3v) is 4.92. The summed E-state index contributed by atoms with van der Waals surface area (Å²) in [6.07, 6.45) is 0. The molecule has 0 amide bonds. The van der Waals surface area contributed by atoms with E-state index in [0.717, 1.165) is 37.1 Å². The van der Waals surface area contributed by atoms with E-state index in [2.05, 4.69) is 10.2 Å². The standard InChI is InChI=1S/C15H15ClF2N2S/c16-14-4-3-13(21-14)15(20-7-5-19-6-8-20)11-2-1-10(17)9-12(11)18/h1-4,9,15,19H,5-8H2/t15-/m0/s1. The Morgan fingerprint density at radius 2 is 1.90 bits per heavy atom. The molecule has 1 atom stereocenters. The van der Waals surface area contributed by atoms with Crippen LogP contribution >= 0.6 is 22.9 Å². The van der Waals surface area contributed by atoms with Crippen molar-refractivity contribution < 1.29 is 8.78 Å². The molecule has 0 radical (unpaired) electrons. The second-order valence-corrected chi connectivity index (χ2v) is 6.74. The summed E-state index contributed by atoms with van der Waals surface area (Å²) in [4.78, 5) is 3.18. The lowest BCUT2D eigenvalue weighted by molar-refractivity contribution is 0.197. The Labute approximate surface area is 131 Å². The number of hydrogen-bond acceptors (Lipinski definition) is 3. The minimum Gasteiger partial charge on any atom is -0.314 e. The highest BCUT2D eigenvalue weighted by atomic mass is 35.5. The molecule has 0 spiro atoms. The molecule has 1 aromatic carbocycles. The van der Waals surface area contributed by atoms with Crippen molar-refractivity contribution in [3.8, 4) is 0 Å². The maximum absolute atomic E-state index is 14.2. The van der Waals surface area contributed by atoms with Crippen LogP contribution in [0.5, 0.6) is 0 Å². The van der Waals surface area contributed by atoms with Gasteiger partial charge in [-0.2, -0.15) is 0 Å². The molecule has 1 aromatic heterocycles. The minimum atomic E-state index is -0.556. The highest BCUT2D eigenvalue weighted by molar-refractivity contribution is 7.16. The first-order valence-electron chi connectivity index (χ1n) is 6.80. The van der Waals surface area contributed by atoms with Crippen molar-refractivity contribution in [1.82, 2.24) is 10.2 Å². The molecule has 0 saturated carbocycles. The van der Waals surface area contributed by atoms with Crippen LogP contribution in [0.25, 0.3) is 0 Å². The van der Waals surface area contributed by atoms with Crippen LogP contribution in [0.15, 0.2) is 30.3 Å². The van der Waals surface area contributed by atoms with E-state index in [0.29, 0.717) is 9.90 Å². The van der Waals surface area contributed by atoms with E-state index >= 15 is 0 Å². The molecule has 112 valence electrons. The summed E-state index contributed by atoms with van der Waals surface area (Å²) < 4.78 is 28.1. The van der Waals surface area contributed by atoms with Crippen LogP contribution in [0.1, 0.15) is 16.5 Å². The lowest BCUT2D eigenvalue weighted by Gasteiger charge is -2.34. The van der Waals surface area contributed by atoms with Gasteiger partial charge < -0.3 is 5.32 Å². The van der Waals surface area contributed by atoms with Gasteiger partial charge in [-0.1, -0.05) is 17.7 Å². The van der Waals surface area contributed by atoms with E-state index in [9.17, 15) is 8.78 Å². The van der Waals surface area contributed by atoms with Crippen molar-refractivity contribution >= 4 is 22.9 Å². The molecule has 0 aliphatic carbocycles. The molecule has 6 heteroatoms. The van der Waals surface area contributed by atoms with Crippen molar-refractivity contribution in [1.29, 1.82) is 0 Å². The number of rotatable bonds is 3. The van der Waals surface area contributed by atoms with Gasteiger partial charge in [0.15, 0.2) is 0 Å². The third-order valence-electron chi connectivity index (χ3n) is 3.64. The van der Waals surface area contributed by atoms with Crippen molar-refractivity contribution in [2.24, 2.45) is 0 Å². The predicted molar refractivity (Wildman–Crippen MR) is 82.0 cm³/mol. The van der Waals surface area contributed by atoms with Crippen LogP contribution in [0.4, 0.5) is 8.78 Å². The Morgan fingerprint density at radius 1 is 1.14 bits per heavy atom. The molecule has 2 aromatic rings. The van der Waals surface area contributed by atoms with Gasteiger partial charge in [0, 0.05) is 42.7 Å². The fourth-order valence-electron chi connectivity index (χ4n) is 2.67. The van der Waals surface area contributed by atoms with Gasteiger partial charge in [0.05, 0.1) is 10.4 Å². The minimum absolute atomic E-state index is 0.217. The molecule has 0 unspecified atom stereocenters. The van der Waals surface area contributed by atoms with Gasteiger partial charge in [-0.25, -0.2) is 8.78 Å². The first kappa shape index (κ1) is 14.9. The summed E-state index contributed by atoms with van der Waals surface area (Å²) in [7, 11) is 0. The maximum atomic E-state index is 14.2. The van der Waals surface area contributed by atoms with Gasteiger partial charge in [-0.15, -0.1) is 11.3 Å². The Balaban J connectivity index is 2.02. The fourth-order valence-corrected chi connectivity index (χ4v) is 3.88. The SMILES string of the molecule is Fc1ccc([C@@H](c2ccc(Cl)s2)N2CCNCC2)c(F)c1. The van der Waals surface area contributed by atoms with Crippen LogP contribution in [-0.4, -0.2) is 31.1 Å². The molecular formula is C15H15ClF2N2S. The molecule has 2 nitrogen and oxygen atoms in total. The number of hydrogen-bond donors (Lipinski definition) is 1. The zero-order valence-electron chi connectivity index (χ0n) is 11.3. The lowest BCUT2D eigenvalue weighted by atomic mass is 10.0. The first-order valence-corrected chi connectivity index (χ1v) is 7.99. The first-order chi connectivity index (χ1) is 10.1. The fraction of sp³-hybridized carbons (Fsp3) is 0.333. The summed E-state index contributed by atoms with van der Waals surface area (Å²) in [6, 6.07) is 7.30. The molecule has 1 saturated heterocycles. The lowest BCUT2D eigenvalue weighted by Crippen LogP contribution is -2.45. The average molecular weight is 329 g/mol. The summed E-state index contributed by atoms with van der Waals surface area (Å²) in [5.74, 6) is -1.07. The number of nitrogens with zero attached hydrogens (tertiary/aromatic N) is 1. The van der Waals surface area contributed by atoms with E-state index in [4.69, 9.17) is 11.6 Å². The van der Waals surface area contributed by atoms with Gasteiger partial charge in [0.2, 0.25) is 0 Å². The van der Waals surface area contributed by atoms with Crippen molar-refractivity contribution in [2.75, 3.05) is 26.2 Å². The van der Waals surface area contributed by atoms with Crippen molar-refractivity contribution in [3.63, 3.8) is 0 Å². The maximum Gasteiger partial charge on any atom is 0.131 e. The highest BCUT2D eigenvalue weighted by Crippen LogP contribution is 2.36. The molecule has 1 aliphatic heterocycles. The number of benzene rings is 1. The molecular weight excluding hydrogens is 314 g/mol. The Bertz CT molecular complexity index is 626. The van der Waals surface area contributed by atoms with Crippen molar-refractivity contribution in [2.45, 2.75) is 6.04 Å². The largest absolute Gasteiger partial charge is 0.314 e. The summed E-state index contributed by atoms with van der Waals surface area (Å²) >= 11 is 7.47. The van der Waals surface area contributed by atoms with E-state index in [1.807, 2.05) is 12.1 Å². The van der Waals surface area contributed by atoms with Crippen molar-refractivity contribution in [3.05, 3.63) is 56.7 Å². The van der Waals surface area contributed by atoms with E-state index in [-0.39, 0.29) is 6.04 Å². The number of nitrogens with one attached hydrogen (secondary N) is 1. The van der Waals surface area contributed by atoms with Crippen LogP contribution < -0.4 is 5.32 Å². The Kier molecular flexibility index (Phi) is 4.54. The zero-order chi connectivity index (χ0) is 14.8. The second kappa shape index (κ2) is 6.40. The topological polar surface area (TPSA) is 15.3 Å². The number of thiophene rings is 1. The van der Waals surface area contributed by atoms with Gasteiger partial charge in [-0.3, -0.25) is 4.90 Å². The molecule has 2 heterocycles. The zero-order valence-corrected chi connectivity index (χ0v) is 12.9. The summed E-state index contributed by atoms with van der Waals surface area (Å²) in [5, 5.41) is 3.28. The van der Waals surface area contributed by atoms with Crippen LogP contribution in [-0.2, 0) is 0 Å². The normalized spacial score (nSPS) is 17.9. The number of piperazine rings is 1. The third kappa shape index (κ3) is 3.26. The summed E-state index contributed by atoms with van der Waals surface area (Å²) in [5.41, 5.74) is 0.497. The van der Waals surface area contributed by atoms with E-state index in [1.165, 1.54) is 23.5 Å². The van der Waals surface area contributed by atoms with Gasteiger partial charge >= 0.3 is 0 Å². The molecule has 21 heavy (non-hydrogen) atoms. The average Bonchev–Trinajstić information content (AvgIpc) is 2.89. The molecule has 3 rings (SSSR count). The molecule has 1 aliphatic rings.